The highest BCUT2D eigenvalue weighted by molar-refractivity contribution is 7.93. The van der Waals surface area contributed by atoms with Crippen molar-refractivity contribution in [2.75, 3.05) is 18.5 Å². The molecule has 0 spiro atoms. The minimum Gasteiger partial charge on any atom is -0.497 e. The van der Waals surface area contributed by atoms with E-state index in [4.69, 9.17) is 4.74 Å². The van der Waals surface area contributed by atoms with Gasteiger partial charge in [-0.3, -0.25) is 4.31 Å². The Labute approximate surface area is 168 Å². The third kappa shape index (κ3) is 3.95. The summed E-state index contributed by atoms with van der Waals surface area (Å²) in [6.45, 7) is 1.95. The zero-order chi connectivity index (χ0) is 20.3. The van der Waals surface area contributed by atoms with E-state index in [1.807, 2.05) is 19.1 Å². The number of rotatable bonds is 6. The van der Waals surface area contributed by atoms with Crippen LogP contribution in [-0.4, -0.2) is 26.8 Å². The first-order chi connectivity index (χ1) is 13.3. The van der Waals surface area contributed by atoms with Gasteiger partial charge >= 0.3 is 0 Å². The summed E-state index contributed by atoms with van der Waals surface area (Å²) in [4.78, 5) is 1.19. The molecule has 3 aromatic rings. The van der Waals surface area contributed by atoms with E-state index in [-0.39, 0.29) is 4.90 Å². The van der Waals surface area contributed by atoms with Crippen molar-refractivity contribution in [3.05, 3.63) is 78.4 Å². The maximum absolute atomic E-state index is 13.1. The second kappa shape index (κ2) is 8.16. The van der Waals surface area contributed by atoms with Gasteiger partial charge in [0.15, 0.2) is 0 Å². The molecule has 0 amide bonds. The van der Waals surface area contributed by atoms with Gasteiger partial charge in [-0.2, -0.15) is 0 Å². The molecule has 146 valence electrons. The summed E-state index contributed by atoms with van der Waals surface area (Å²) >= 11 is 0. The Hall–Kier alpha value is -2.64. The molecule has 0 fully saturated rings. The van der Waals surface area contributed by atoms with Crippen LogP contribution in [0.4, 0.5) is 5.69 Å². The quantitative estimate of drug-likeness (QED) is 0.611. The number of methoxy groups -OCH3 is 1. The van der Waals surface area contributed by atoms with Crippen molar-refractivity contribution in [3.8, 4) is 5.75 Å². The highest BCUT2D eigenvalue weighted by atomic mass is 32.2. The second-order valence-corrected chi connectivity index (χ2v) is 9.62. The van der Waals surface area contributed by atoms with Crippen LogP contribution in [0.1, 0.15) is 5.56 Å². The Morgan fingerprint density at radius 2 is 1.50 bits per heavy atom. The lowest BCUT2D eigenvalue weighted by atomic mass is 10.2. The molecule has 1 atom stereocenters. The fourth-order valence-corrected chi connectivity index (χ4v) is 5.20. The third-order valence-corrected chi connectivity index (χ3v) is 7.59. The standard InChI is InChI=1S/C21H21NO4S2/c1-16-8-12-18(13-9-16)27(23)21-7-5-4-6-20(21)22(2)28(24,25)19-14-10-17(26-3)11-15-19/h4-15H,1-3H3. The fraction of sp³-hybridized carbons (Fsp3) is 0.143. The summed E-state index contributed by atoms with van der Waals surface area (Å²) in [6.07, 6.45) is 0. The molecule has 0 saturated heterocycles. The Morgan fingerprint density at radius 1 is 0.893 bits per heavy atom. The molecular weight excluding hydrogens is 394 g/mol. The minimum atomic E-state index is -3.82. The lowest BCUT2D eigenvalue weighted by molar-refractivity contribution is 0.414. The lowest BCUT2D eigenvalue weighted by Gasteiger charge is -2.22. The molecule has 0 heterocycles. The topological polar surface area (TPSA) is 63.7 Å². The van der Waals surface area contributed by atoms with Crippen LogP contribution in [0.25, 0.3) is 0 Å². The van der Waals surface area contributed by atoms with Gasteiger partial charge in [0.25, 0.3) is 10.0 Å². The van der Waals surface area contributed by atoms with Crippen molar-refractivity contribution >= 4 is 26.5 Å². The Bertz CT molecular complexity index is 1090. The number of aryl methyl sites for hydroxylation is 1. The average molecular weight is 416 g/mol. The van der Waals surface area contributed by atoms with Crippen LogP contribution in [0.2, 0.25) is 0 Å². The monoisotopic (exact) mass is 415 g/mol. The van der Waals surface area contributed by atoms with Gasteiger partial charge in [0.1, 0.15) is 5.75 Å². The van der Waals surface area contributed by atoms with Gasteiger partial charge in [-0.1, -0.05) is 29.8 Å². The first-order valence-corrected chi connectivity index (χ1v) is 11.1. The highest BCUT2D eigenvalue weighted by Gasteiger charge is 2.25. The fourth-order valence-electron chi connectivity index (χ4n) is 2.70. The van der Waals surface area contributed by atoms with E-state index in [9.17, 15) is 12.6 Å². The molecule has 0 N–H and O–H groups in total. The number of hydrogen-bond acceptors (Lipinski definition) is 4. The maximum atomic E-state index is 13.1. The summed E-state index contributed by atoms with van der Waals surface area (Å²) in [6, 6.07) is 20.3. The Morgan fingerprint density at radius 3 is 2.11 bits per heavy atom. The van der Waals surface area contributed by atoms with Crippen LogP contribution >= 0.6 is 0 Å². The molecule has 0 aliphatic carbocycles. The first-order valence-electron chi connectivity index (χ1n) is 8.55. The Balaban J connectivity index is 2.01. The zero-order valence-electron chi connectivity index (χ0n) is 15.8. The highest BCUT2D eigenvalue weighted by Crippen LogP contribution is 2.30. The van der Waals surface area contributed by atoms with Crippen LogP contribution in [0.5, 0.6) is 5.75 Å². The molecular formula is C21H21NO4S2. The summed E-state index contributed by atoms with van der Waals surface area (Å²) in [5.41, 5.74) is 1.44. The molecule has 7 heteroatoms. The molecule has 3 aromatic carbocycles. The number of nitrogens with zero attached hydrogens (tertiary/aromatic N) is 1. The smallest absolute Gasteiger partial charge is 0.264 e. The van der Waals surface area contributed by atoms with Crippen molar-refractivity contribution in [1.29, 1.82) is 0 Å². The number of sulfonamides is 1. The lowest BCUT2D eigenvalue weighted by Crippen LogP contribution is -2.27. The molecule has 28 heavy (non-hydrogen) atoms. The van der Waals surface area contributed by atoms with Crippen LogP contribution in [0, 0.1) is 6.92 Å². The van der Waals surface area contributed by atoms with Crippen molar-refractivity contribution in [2.24, 2.45) is 0 Å². The largest absolute Gasteiger partial charge is 0.497 e. The minimum absolute atomic E-state index is 0.131. The van der Waals surface area contributed by atoms with Crippen LogP contribution in [0.3, 0.4) is 0 Å². The third-order valence-electron chi connectivity index (χ3n) is 4.36. The van der Waals surface area contributed by atoms with E-state index < -0.39 is 20.8 Å². The van der Waals surface area contributed by atoms with Crippen LogP contribution in [0.15, 0.2) is 87.5 Å². The van der Waals surface area contributed by atoms with Crippen molar-refractivity contribution in [2.45, 2.75) is 21.6 Å². The number of para-hydroxylation sites is 1. The van der Waals surface area contributed by atoms with E-state index >= 15 is 0 Å². The summed E-state index contributed by atoms with van der Waals surface area (Å²) in [7, 11) is -2.35. The molecule has 0 bridgehead atoms. The summed E-state index contributed by atoms with van der Waals surface area (Å²) in [5.74, 6) is 0.572. The molecule has 0 aromatic heterocycles. The van der Waals surface area contributed by atoms with E-state index in [1.165, 1.54) is 26.3 Å². The van der Waals surface area contributed by atoms with Gasteiger partial charge in [-0.15, -0.1) is 0 Å². The summed E-state index contributed by atoms with van der Waals surface area (Å²) in [5, 5.41) is 0. The van der Waals surface area contributed by atoms with Gasteiger partial charge in [-0.05, 0) is 55.5 Å². The molecule has 5 nitrogen and oxygen atoms in total. The molecule has 3 rings (SSSR count). The Kier molecular flexibility index (Phi) is 5.86. The van der Waals surface area contributed by atoms with Crippen molar-refractivity contribution in [1.82, 2.24) is 0 Å². The van der Waals surface area contributed by atoms with Crippen molar-refractivity contribution in [3.63, 3.8) is 0 Å². The van der Waals surface area contributed by atoms with Crippen molar-refractivity contribution < 1.29 is 17.4 Å². The van der Waals surface area contributed by atoms with E-state index in [0.29, 0.717) is 21.2 Å². The zero-order valence-corrected chi connectivity index (χ0v) is 17.5. The molecule has 0 aliphatic heterocycles. The van der Waals surface area contributed by atoms with Gasteiger partial charge in [0, 0.05) is 11.9 Å². The SMILES string of the molecule is COc1ccc(S(=O)(=O)N(C)c2ccccc2S(=O)c2ccc(C)cc2)cc1. The van der Waals surface area contributed by atoms with Gasteiger partial charge in [-0.25, -0.2) is 12.6 Å². The molecule has 0 aliphatic rings. The first kappa shape index (κ1) is 20.1. The van der Waals surface area contributed by atoms with Gasteiger partial charge in [0.05, 0.1) is 33.4 Å². The number of benzene rings is 3. The van der Waals surface area contributed by atoms with Gasteiger partial charge in [0.2, 0.25) is 0 Å². The predicted octanol–water partition coefficient (Wildman–Crippen LogP) is 4.00. The normalized spacial score (nSPS) is 12.4. The number of anilines is 1. The van der Waals surface area contributed by atoms with Crippen LogP contribution in [-0.2, 0) is 20.8 Å². The van der Waals surface area contributed by atoms with E-state index in [0.717, 1.165) is 9.87 Å². The average Bonchev–Trinajstić information content (AvgIpc) is 2.73. The maximum Gasteiger partial charge on any atom is 0.264 e. The molecule has 0 saturated carbocycles. The number of hydrogen-bond donors (Lipinski definition) is 0. The van der Waals surface area contributed by atoms with Crippen LogP contribution < -0.4 is 9.04 Å². The summed E-state index contributed by atoms with van der Waals surface area (Å²) < 4.78 is 45.5. The molecule has 1 unspecified atom stereocenters. The number of ether oxygens (including phenoxy) is 1. The predicted molar refractivity (Wildman–Crippen MR) is 111 cm³/mol. The van der Waals surface area contributed by atoms with Gasteiger partial charge < -0.3 is 4.74 Å². The van der Waals surface area contributed by atoms with E-state index in [2.05, 4.69) is 0 Å². The second-order valence-electron chi connectivity index (χ2n) is 6.20. The molecule has 0 radical (unpaired) electrons. The van der Waals surface area contributed by atoms with E-state index in [1.54, 1.807) is 48.5 Å².